The second kappa shape index (κ2) is 16.5. The van der Waals surface area contributed by atoms with Crippen LogP contribution in [0.15, 0.2) is 115 Å². The lowest BCUT2D eigenvalue weighted by Crippen LogP contribution is -2.40. The summed E-state index contributed by atoms with van der Waals surface area (Å²) in [5, 5.41) is 3.06. The van der Waals surface area contributed by atoms with Gasteiger partial charge in [0.15, 0.2) is 0 Å². The van der Waals surface area contributed by atoms with Crippen LogP contribution in [-0.4, -0.2) is 38.4 Å². The first-order valence-electron chi connectivity index (χ1n) is 14.1. The lowest BCUT2D eigenvalue weighted by atomic mass is 10.1. The van der Waals surface area contributed by atoms with E-state index in [1.165, 1.54) is 7.11 Å². The van der Waals surface area contributed by atoms with E-state index >= 15 is 0 Å². The van der Waals surface area contributed by atoms with E-state index < -0.39 is 13.6 Å². The Labute approximate surface area is 248 Å². The number of carbonyl (C=O) groups is 1. The van der Waals surface area contributed by atoms with Crippen LogP contribution in [0.2, 0.25) is 0 Å². The van der Waals surface area contributed by atoms with Gasteiger partial charge in [0.25, 0.3) is 0 Å². The van der Waals surface area contributed by atoms with Gasteiger partial charge >= 0.3 is 7.60 Å². The second-order valence-corrected chi connectivity index (χ2v) is 12.2. The Morgan fingerprint density at radius 1 is 0.738 bits per heavy atom. The van der Waals surface area contributed by atoms with Crippen molar-refractivity contribution in [2.75, 3.05) is 26.5 Å². The summed E-state index contributed by atoms with van der Waals surface area (Å²) in [5.41, 5.74) is 2.99. The molecule has 0 aliphatic heterocycles. The highest BCUT2D eigenvalue weighted by atomic mass is 31.2. The molecule has 42 heavy (non-hydrogen) atoms. The first-order chi connectivity index (χ1) is 20.5. The van der Waals surface area contributed by atoms with Gasteiger partial charge in [-0.1, -0.05) is 91.0 Å². The number of hydrogen-bond donors (Lipinski definition) is 1. The van der Waals surface area contributed by atoms with E-state index in [1.807, 2.05) is 115 Å². The molecule has 220 valence electrons. The maximum atomic E-state index is 13.3. The van der Waals surface area contributed by atoms with Crippen molar-refractivity contribution in [1.29, 1.82) is 0 Å². The van der Waals surface area contributed by atoms with Gasteiger partial charge in [0.1, 0.15) is 18.1 Å². The first-order valence-corrected chi connectivity index (χ1v) is 15.8. The highest BCUT2D eigenvalue weighted by Gasteiger charge is 2.25. The fraction of sp³-hybridized carbons (Fsp3) is 0.265. The van der Waals surface area contributed by atoms with Gasteiger partial charge in [0, 0.05) is 7.11 Å². The molecule has 7 nitrogen and oxygen atoms in total. The fourth-order valence-corrected chi connectivity index (χ4v) is 5.68. The Morgan fingerprint density at radius 2 is 1.33 bits per heavy atom. The minimum atomic E-state index is -3.39. The van der Waals surface area contributed by atoms with Crippen molar-refractivity contribution in [3.8, 4) is 11.5 Å². The Balaban J connectivity index is 1.34. The SMILES string of the molecule is COP(=O)(CCCOc1ccccc1)OC[C@@H](Cc1ccc(OCc2ccccc2)cc1)NC(=O)Cc1ccccc1. The summed E-state index contributed by atoms with van der Waals surface area (Å²) < 4.78 is 36.1. The number of rotatable bonds is 17. The van der Waals surface area contributed by atoms with E-state index in [0.29, 0.717) is 26.1 Å². The Kier molecular flexibility index (Phi) is 12.2. The van der Waals surface area contributed by atoms with Crippen LogP contribution in [-0.2, 0) is 37.9 Å². The standard InChI is InChI=1S/C34H38NO6P/c1-38-42(37,23-11-22-39-32-16-9-4-10-17-32)41-27-31(35-34(36)25-28-12-5-2-6-13-28)24-29-18-20-33(21-19-29)40-26-30-14-7-3-8-15-30/h2-10,12-21,31H,11,22-27H2,1H3,(H,35,36)/t31-,42?/m1/s1. The van der Waals surface area contributed by atoms with Crippen LogP contribution in [0.25, 0.3) is 0 Å². The monoisotopic (exact) mass is 587 g/mol. The molecule has 1 unspecified atom stereocenters. The molecule has 0 radical (unpaired) electrons. The summed E-state index contributed by atoms with van der Waals surface area (Å²) >= 11 is 0. The fourth-order valence-electron chi connectivity index (χ4n) is 4.34. The summed E-state index contributed by atoms with van der Waals surface area (Å²) in [6, 6.07) is 36.3. The molecule has 0 aliphatic rings. The van der Waals surface area contributed by atoms with Crippen molar-refractivity contribution in [2.45, 2.75) is 31.9 Å². The van der Waals surface area contributed by atoms with Crippen molar-refractivity contribution in [3.05, 3.63) is 132 Å². The zero-order chi connectivity index (χ0) is 29.5. The summed E-state index contributed by atoms with van der Waals surface area (Å²) in [6.45, 7) is 0.906. The number of amides is 1. The van der Waals surface area contributed by atoms with Crippen LogP contribution in [0.3, 0.4) is 0 Å². The molecular weight excluding hydrogens is 549 g/mol. The Morgan fingerprint density at radius 3 is 1.98 bits per heavy atom. The van der Waals surface area contributed by atoms with Crippen LogP contribution < -0.4 is 14.8 Å². The van der Waals surface area contributed by atoms with Gasteiger partial charge in [-0.2, -0.15) is 0 Å². The van der Waals surface area contributed by atoms with Gasteiger partial charge in [-0.05, 0) is 53.8 Å². The van der Waals surface area contributed by atoms with E-state index in [1.54, 1.807) is 0 Å². The molecule has 8 heteroatoms. The van der Waals surface area contributed by atoms with Crippen LogP contribution >= 0.6 is 7.60 Å². The molecule has 0 saturated carbocycles. The third-order valence-corrected chi connectivity index (χ3v) is 8.53. The van der Waals surface area contributed by atoms with Gasteiger partial charge in [-0.3, -0.25) is 9.36 Å². The third kappa shape index (κ3) is 10.8. The molecule has 0 heterocycles. The zero-order valence-electron chi connectivity index (χ0n) is 23.9. The topological polar surface area (TPSA) is 83.1 Å². The normalized spacial score (nSPS) is 13.1. The number of para-hydroxylation sites is 1. The van der Waals surface area contributed by atoms with Gasteiger partial charge in [-0.25, -0.2) is 0 Å². The maximum Gasteiger partial charge on any atom is 0.330 e. The Hall–Kier alpha value is -3.90. The molecule has 0 fully saturated rings. The van der Waals surface area contributed by atoms with Crippen molar-refractivity contribution >= 4 is 13.5 Å². The van der Waals surface area contributed by atoms with E-state index in [0.717, 1.165) is 28.2 Å². The predicted octanol–water partition coefficient (Wildman–Crippen LogP) is 6.86. The molecule has 0 bridgehead atoms. The minimum Gasteiger partial charge on any atom is -0.494 e. The highest BCUT2D eigenvalue weighted by molar-refractivity contribution is 7.53. The lowest BCUT2D eigenvalue weighted by molar-refractivity contribution is -0.121. The molecule has 0 spiro atoms. The summed E-state index contributed by atoms with van der Waals surface area (Å²) in [5.74, 6) is 1.37. The van der Waals surface area contributed by atoms with Crippen LogP contribution in [0.1, 0.15) is 23.1 Å². The van der Waals surface area contributed by atoms with Crippen molar-refractivity contribution in [2.24, 2.45) is 0 Å². The number of nitrogens with one attached hydrogen (secondary N) is 1. The van der Waals surface area contributed by atoms with Crippen LogP contribution in [0.4, 0.5) is 0 Å². The summed E-state index contributed by atoms with van der Waals surface area (Å²) in [6.07, 6.45) is 1.42. The molecule has 4 aromatic rings. The average Bonchev–Trinajstić information content (AvgIpc) is 3.03. The van der Waals surface area contributed by atoms with E-state index in [4.69, 9.17) is 18.5 Å². The number of carbonyl (C=O) groups excluding carboxylic acids is 1. The summed E-state index contributed by atoms with van der Waals surface area (Å²) in [7, 11) is -2.00. The quantitative estimate of drug-likeness (QED) is 0.107. The molecule has 1 N–H and O–H groups in total. The second-order valence-electron chi connectivity index (χ2n) is 9.88. The number of benzene rings is 4. The summed E-state index contributed by atoms with van der Waals surface area (Å²) in [4.78, 5) is 12.9. The largest absolute Gasteiger partial charge is 0.494 e. The van der Waals surface area contributed by atoms with E-state index in [9.17, 15) is 9.36 Å². The molecule has 1 amide bonds. The molecule has 0 aromatic heterocycles. The predicted molar refractivity (Wildman–Crippen MR) is 165 cm³/mol. The van der Waals surface area contributed by atoms with Crippen LogP contribution in [0.5, 0.6) is 11.5 Å². The van der Waals surface area contributed by atoms with Crippen molar-refractivity contribution < 1.29 is 27.9 Å². The molecule has 2 atom stereocenters. The van der Waals surface area contributed by atoms with Crippen molar-refractivity contribution in [1.82, 2.24) is 5.32 Å². The average molecular weight is 588 g/mol. The van der Waals surface area contributed by atoms with Gasteiger partial charge < -0.3 is 23.8 Å². The van der Waals surface area contributed by atoms with Gasteiger partial charge in [0.05, 0.1) is 31.8 Å². The first kappa shape index (κ1) is 31.0. The van der Waals surface area contributed by atoms with Crippen LogP contribution in [0, 0.1) is 0 Å². The van der Waals surface area contributed by atoms with E-state index in [2.05, 4.69) is 5.32 Å². The number of hydrogen-bond acceptors (Lipinski definition) is 6. The molecule has 4 rings (SSSR count). The maximum absolute atomic E-state index is 13.3. The lowest BCUT2D eigenvalue weighted by Gasteiger charge is -2.23. The third-order valence-electron chi connectivity index (χ3n) is 6.57. The highest BCUT2D eigenvalue weighted by Crippen LogP contribution is 2.48. The van der Waals surface area contributed by atoms with Crippen molar-refractivity contribution in [3.63, 3.8) is 0 Å². The van der Waals surface area contributed by atoms with Gasteiger partial charge in [-0.15, -0.1) is 0 Å². The smallest absolute Gasteiger partial charge is 0.330 e. The zero-order valence-corrected chi connectivity index (χ0v) is 24.8. The van der Waals surface area contributed by atoms with E-state index in [-0.39, 0.29) is 25.1 Å². The molecular formula is C34H38NO6P. The number of ether oxygens (including phenoxy) is 2. The molecule has 0 aliphatic carbocycles. The van der Waals surface area contributed by atoms with Gasteiger partial charge in [0.2, 0.25) is 5.91 Å². The minimum absolute atomic E-state index is 0.0391. The molecule has 4 aromatic carbocycles. The Bertz CT molecular complexity index is 1380. The molecule has 0 saturated heterocycles.